The lowest BCUT2D eigenvalue weighted by Crippen LogP contribution is -2.36. The summed E-state index contributed by atoms with van der Waals surface area (Å²) in [7, 11) is 0. The molecule has 1 heterocycles. The first-order valence-corrected chi connectivity index (χ1v) is 11.8. The number of carbonyl (C=O) groups is 3. The van der Waals surface area contributed by atoms with Gasteiger partial charge in [0.15, 0.2) is 0 Å². The minimum Gasteiger partial charge on any atom is -0.507 e. The maximum Gasteiger partial charge on any atom is 0.294 e. The summed E-state index contributed by atoms with van der Waals surface area (Å²) in [4.78, 5) is 38.6. The smallest absolute Gasteiger partial charge is 0.294 e. The van der Waals surface area contributed by atoms with Crippen LogP contribution in [-0.4, -0.2) is 33.6 Å². The highest BCUT2D eigenvalue weighted by Crippen LogP contribution is 2.41. The van der Waals surface area contributed by atoms with E-state index in [0.717, 1.165) is 17.0 Å². The molecule has 2 aromatic rings. The third kappa shape index (κ3) is 5.90. The molecule has 0 radical (unpaired) electrons. The number of benzene rings is 2. The van der Waals surface area contributed by atoms with Crippen molar-refractivity contribution in [3.05, 3.63) is 63.6 Å². The highest BCUT2D eigenvalue weighted by molar-refractivity contribution is 8.18. The van der Waals surface area contributed by atoms with E-state index in [-0.39, 0.29) is 27.2 Å². The fourth-order valence-electron chi connectivity index (χ4n) is 3.60. The van der Waals surface area contributed by atoms with Crippen LogP contribution in [0.3, 0.4) is 0 Å². The Balaban J connectivity index is 1.87. The third-order valence-electron chi connectivity index (χ3n) is 5.43. The van der Waals surface area contributed by atoms with E-state index in [0.29, 0.717) is 34.5 Å². The largest absolute Gasteiger partial charge is 0.507 e. The summed E-state index contributed by atoms with van der Waals surface area (Å²) < 4.78 is 26.9. The van der Waals surface area contributed by atoms with Crippen molar-refractivity contribution >= 4 is 40.6 Å². The van der Waals surface area contributed by atoms with E-state index in [1.165, 1.54) is 0 Å². The number of phenolic OH excluding ortho intramolecular Hbond substituents is 1. The standard InChI is InChI=1S/C26H28F2N2O4S/c1-25(2,3)16-9-14(10-17(22(16)32)26(4,5)6)11-20-23(33)30(24(34)35-20)13-21(31)29-19-8-7-15(27)12-18(19)28/h7-12,32H,13H2,1-6H3,(H,29,31)/b20-11-. The number of imide groups is 1. The number of thioether (sulfide) groups is 1. The number of nitrogens with one attached hydrogen (secondary N) is 1. The summed E-state index contributed by atoms with van der Waals surface area (Å²) >= 11 is 0.693. The number of nitrogens with zero attached hydrogens (tertiary/aromatic N) is 1. The van der Waals surface area contributed by atoms with E-state index in [1.807, 2.05) is 41.5 Å². The third-order valence-corrected chi connectivity index (χ3v) is 6.33. The molecule has 0 spiro atoms. The van der Waals surface area contributed by atoms with Gasteiger partial charge in [-0.2, -0.15) is 0 Å². The molecule has 0 atom stereocenters. The number of rotatable bonds is 4. The summed E-state index contributed by atoms with van der Waals surface area (Å²) in [5.41, 5.74) is 1.04. The van der Waals surface area contributed by atoms with Crippen LogP contribution < -0.4 is 5.32 Å². The number of hydrogen-bond acceptors (Lipinski definition) is 5. The topological polar surface area (TPSA) is 86.7 Å². The molecule has 1 saturated heterocycles. The Bertz CT molecular complexity index is 1210. The Morgan fingerprint density at radius 3 is 2.11 bits per heavy atom. The van der Waals surface area contributed by atoms with Crippen LogP contribution in [0.15, 0.2) is 35.2 Å². The Kier molecular flexibility index (Phi) is 7.13. The lowest BCUT2D eigenvalue weighted by Gasteiger charge is -2.28. The van der Waals surface area contributed by atoms with Gasteiger partial charge in [0.05, 0.1) is 10.6 Å². The zero-order valence-corrected chi connectivity index (χ0v) is 21.3. The first-order valence-electron chi connectivity index (χ1n) is 11.0. The van der Waals surface area contributed by atoms with Gasteiger partial charge < -0.3 is 10.4 Å². The molecule has 3 rings (SSSR count). The van der Waals surface area contributed by atoms with Crippen molar-refractivity contribution in [2.45, 2.75) is 52.4 Å². The van der Waals surface area contributed by atoms with Crippen molar-refractivity contribution in [2.75, 3.05) is 11.9 Å². The van der Waals surface area contributed by atoms with Gasteiger partial charge in [0.25, 0.3) is 11.1 Å². The van der Waals surface area contributed by atoms with Crippen LogP contribution in [0.1, 0.15) is 58.2 Å². The first-order chi connectivity index (χ1) is 16.1. The van der Waals surface area contributed by atoms with E-state index in [1.54, 1.807) is 18.2 Å². The van der Waals surface area contributed by atoms with E-state index in [4.69, 9.17) is 0 Å². The minimum absolute atomic E-state index is 0.126. The van der Waals surface area contributed by atoms with Gasteiger partial charge in [-0.15, -0.1) is 0 Å². The zero-order valence-electron chi connectivity index (χ0n) is 20.5. The van der Waals surface area contributed by atoms with Gasteiger partial charge in [0.1, 0.15) is 23.9 Å². The maximum absolute atomic E-state index is 13.8. The Hall–Kier alpha value is -3.20. The molecule has 0 bridgehead atoms. The van der Waals surface area contributed by atoms with E-state index >= 15 is 0 Å². The van der Waals surface area contributed by atoms with E-state index < -0.39 is 35.2 Å². The lowest BCUT2D eigenvalue weighted by atomic mass is 9.78. The van der Waals surface area contributed by atoms with Crippen LogP contribution in [-0.2, 0) is 20.4 Å². The van der Waals surface area contributed by atoms with Gasteiger partial charge in [-0.1, -0.05) is 41.5 Å². The predicted octanol–water partition coefficient (Wildman–Crippen LogP) is 5.94. The number of amides is 3. The molecular weight excluding hydrogens is 474 g/mol. The molecule has 1 aliphatic heterocycles. The van der Waals surface area contributed by atoms with Gasteiger partial charge in [-0.3, -0.25) is 19.3 Å². The van der Waals surface area contributed by atoms with E-state index in [2.05, 4.69) is 5.32 Å². The van der Waals surface area contributed by atoms with Crippen molar-refractivity contribution in [3.63, 3.8) is 0 Å². The second-order valence-electron chi connectivity index (χ2n) is 10.4. The van der Waals surface area contributed by atoms with Crippen LogP contribution in [0.2, 0.25) is 0 Å². The molecule has 0 aliphatic carbocycles. The fourth-order valence-corrected chi connectivity index (χ4v) is 4.43. The second-order valence-corrected chi connectivity index (χ2v) is 11.4. The molecule has 0 saturated carbocycles. The van der Waals surface area contributed by atoms with Gasteiger partial charge in [-0.05, 0) is 58.5 Å². The Labute approximate surface area is 207 Å². The van der Waals surface area contributed by atoms with Crippen LogP contribution >= 0.6 is 11.8 Å². The normalized spacial score (nSPS) is 15.8. The molecule has 6 nitrogen and oxygen atoms in total. The molecular formula is C26H28F2N2O4S. The van der Waals surface area contributed by atoms with Gasteiger partial charge in [-0.25, -0.2) is 8.78 Å². The average Bonchev–Trinajstić information content (AvgIpc) is 2.97. The summed E-state index contributed by atoms with van der Waals surface area (Å²) in [6.45, 7) is 11.2. The van der Waals surface area contributed by atoms with Crippen molar-refractivity contribution in [2.24, 2.45) is 0 Å². The predicted molar refractivity (Wildman–Crippen MR) is 133 cm³/mol. The maximum atomic E-state index is 13.8. The van der Waals surface area contributed by atoms with Crippen LogP contribution in [0, 0.1) is 11.6 Å². The van der Waals surface area contributed by atoms with Crippen molar-refractivity contribution < 1.29 is 28.3 Å². The Morgan fingerprint density at radius 1 is 1.03 bits per heavy atom. The van der Waals surface area contributed by atoms with Crippen LogP contribution in [0.25, 0.3) is 6.08 Å². The quantitative estimate of drug-likeness (QED) is 0.506. The number of carbonyl (C=O) groups excluding carboxylic acids is 3. The molecule has 9 heteroatoms. The molecule has 3 amide bonds. The first kappa shape index (κ1) is 26.4. The minimum atomic E-state index is -0.968. The Morgan fingerprint density at radius 2 is 1.60 bits per heavy atom. The number of anilines is 1. The van der Waals surface area contributed by atoms with Crippen LogP contribution in [0.5, 0.6) is 5.75 Å². The van der Waals surface area contributed by atoms with E-state index in [9.17, 15) is 28.3 Å². The number of aromatic hydroxyl groups is 1. The SMILES string of the molecule is CC(C)(C)c1cc(/C=C2\SC(=O)N(CC(=O)Nc3ccc(F)cc3F)C2=O)cc(C(C)(C)C)c1O. The molecule has 35 heavy (non-hydrogen) atoms. The monoisotopic (exact) mass is 502 g/mol. The number of hydrogen-bond donors (Lipinski definition) is 2. The second kappa shape index (κ2) is 9.45. The van der Waals surface area contributed by atoms with Crippen molar-refractivity contribution in [3.8, 4) is 5.75 Å². The summed E-state index contributed by atoms with van der Waals surface area (Å²) in [5, 5.41) is 12.5. The van der Waals surface area contributed by atoms with Crippen LogP contribution in [0.4, 0.5) is 19.3 Å². The highest BCUT2D eigenvalue weighted by Gasteiger charge is 2.37. The molecule has 186 valence electrons. The van der Waals surface area contributed by atoms with Crippen molar-refractivity contribution in [1.82, 2.24) is 4.90 Å². The molecule has 0 aromatic heterocycles. The molecule has 1 aliphatic rings. The highest BCUT2D eigenvalue weighted by atomic mass is 32.2. The number of halogens is 2. The number of phenols is 1. The van der Waals surface area contributed by atoms with Crippen molar-refractivity contribution in [1.29, 1.82) is 0 Å². The summed E-state index contributed by atoms with van der Waals surface area (Å²) in [6.07, 6.45) is 1.56. The fraction of sp³-hybridized carbons (Fsp3) is 0.346. The van der Waals surface area contributed by atoms with Gasteiger partial charge in [0.2, 0.25) is 5.91 Å². The van der Waals surface area contributed by atoms with Gasteiger partial charge >= 0.3 is 0 Å². The zero-order chi connectivity index (χ0) is 26.3. The molecule has 2 aromatic carbocycles. The summed E-state index contributed by atoms with van der Waals surface area (Å²) in [5.74, 6) is -3.02. The molecule has 0 unspecified atom stereocenters. The molecule has 2 N–H and O–H groups in total. The van der Waals surface area contributed by atoms with Gasteiger partial charge in [0, 0.05) is 17.2 Å². The molecule has 1 fully saturated rings. The lowest BCUT2D eigenvalue weighted by molar-refractivity contribution is -0.127. The summed E-state index contributed by atoms with van der Waals surface area (Å²) in [6, 6.07) is 6.22. The average molecular weight is 503 g/mol.